The third-order valence-electron chi connectivity index (χ3n) is 4.14. The molecule has 27 heavy (non-hydrogen) atoms. The average molecular weight is 396 g/mol. The van der Waals surface area contributed by atoms with Crippen LogP contribution in [0.25, 0.3) is 21.3 Å². The molecule has 2 aromatic heterocycles. The monoisotopic (exact) mass is 395 g/mol. The zero-order valence-corrected chi connectivity index (χ0v) is 16.4. The fourth-order valence-electron chi connectivity index (χ4n) is 2.75. The number of amides is 2. The Morgan fingerprint density at radius 2 is 1.93 bits per heavy atom. The average Bonchev–Trinajstić information content (AvgIpc) is 3.37. The number of benzene rings is 2. The molecule has 0 fully saturated rings. The number of hydrogen-bond acceptors (Lipinski definition) is 5. The highest BCUT2D eigenvalue weighted by Gasteiger charge is 2.20. The van der Waals surface area contributed by atoms with Crippen molar-refractivity contribution in [3.05, 3.63) is 60.0 Å². The number of thiophene rings is 1. The summed E-state index contributed by atoms with van der Waals surface area (Å²) in [5.74, 6) is 0.694. The first-order valence-corrected chi connectivity index (χ1v) is 9.98. The summed E-state index contributed by atoms with van der Waals surface area (Å²) in [5, 5.41) is 6.21. The summed E-state index contributed by atoms with van der Waals surface area (Å²) in [6.45, 7) is 0. The maximum Gasteiger partial charge on any atom is 0.328 e. The lowest BCUT2D eigenvalue weighted by molar-refractivity contribution is 0.258. The lowest BCUT2D eigenvalue weighted by Gasteiger charge is -2.13. The molecule has 0 aliphatic heterocycles. The molecular weight excluding hydrogens is 378 g/mol. The van der Waals surface area contributed by atoms with Gasteiger partial charge in [0.25, 0.3) is 0 Å². The summed E-state index contributed by atoms with van der Waals surface area (Å²) in [6.07, 6.45) is 0. The fraction of sp³-hybridized carbons (Fsp3) is 0.100. The Hall–Kier alpha value is -2.90. The SMILES string of the molecule is COc1ccc(-c2ccccc2)c2sc(N(C)C(=O)Nc3cccs3)nc12. The third kappa shape index (κ3) is 3.39. The zero-order valence-electron chi connectivity index (χ0n) is 14.8. The Labute approximate surface area is 164 Å². The Kier molecular flexibility index (Phi) is 4.79. The number of rotatable bonds is 4. The number of hydrogen-bond donors (Lipinski definition) is 1. The normalized spacial score (nSPS) is 10.7. The second kappa shape index (κ2) is 7.38. The van der Waals surface area contributed by atoms with Crippen LogP contribution in [0.2, 0.25) is 0 Å². The summed E-state index contributed by atoms with van der Waals surface area (Å²) in [6, 6.07) is 17.6. The molecule has 136 valence electrons. The van der Waals surface area contributed by atoms with Crippen LogP contribution in [0.15, 0.2) is 60.0 Å². The highest BCUT2D eigenvalue weighted by atomic mass is 32.1. The molecule has 1 N–H and O–H groups in total. The molecule has 0 spiro atoms. The number of nitrogens with zero attached hydrogens (tertiary/aromatic N) is 2. The van der Waals surface area contributed by atoms with E-state index in [2.05, 4.69) is 22.4 Å². The predicted octanol–water partition coefficient (Wildman–Crippen LogP) is 5.70. The molecular formula is C20H17N3O2S2. The van der Waals surface area contributed by atoms with Gasteiger partial charge in [0, 0.05) is 12.6 Å². The van der Waals surface area contributed by atoms with Crippen molar-refractivity contribution >= 4 is 49.1 Å². The summed E-state index contributed by atoms with van der Waals surface area (Å²) in [7, 11) is 3.35. The minimum atomic E-state index is -0.225. The molecule has 2 aromatic carbocycles. The summed E-state index contributed by atoms with van der Waals surface area (Å²) >= 11 is 2.95. The molecule has 0 aliphatic rings. The van der Waals surface area contributed by atoms with Crippen molar-refractivity contribution in [1.82, 2.24) is 4.98 Å². The molecule has 0 unspecified atom stereocenters. The van der Waals surface area contributed by atoms with E-state index in [1.54, 1.807) is 14.2 Å². The van der Waals surface area contributed by atoms with E-state index in [0.29, 0.717) is 10.9 Å². The zero-order chi connectivity index (χ0) is 18.8. The van der Waals surface area contributed by atoms with Crippen molar-refractivity contribution in [2.24, 2.45) is 0 Å². The van der Waals surface area contributed by atoms with Gasteiger partial charge in [0.2, 0.25) is 0 Å². The Balaban J connectivity index is 1.75. The first kappa shape index (κ1) is 17.5. The van der Waals surface area contributed by atoms with Crippen LogP contribution in [0.1, 0.15) is 0 Å². The largest absolute Gasteiger partial charge is 0.494 e. The maximum absolute atomic E-state index is 12.6. The molecule has 2 amide bonds. The van der Waals surface area contributed by atoms with Crippen molar-refractivity contribution < 1.29 is 9.53 Å². The van der Waals surface area contributed by atoms with Crippen molar-refractivity contribution in [2.75, 3.05) is 24.4 Å². The van der Waals surface area contributed by atoms with E-state index in [1.165, 1.54) is 27.6 Å². The van der Waals surface area contributed by atoms with Crippen LogP contribution < -0.4 is 15.0 Å². The number of nitrogens with one attached hydrogen (secondary N) is 1. The van der Waals surface area contributed by atoms with Gasteiger partial charge in [0.15, 0.2) is 5.13 Å². The van der Waals surface area contributed by atoms with Crippen molar-refractivity contribution in [3.8, 4) is 16.9 Å². The Morgan fingerprint density at radius 1 is 1.11 bits per heavy atom. The standard InChI is InChI=1S/C20H17N3O2S2/c1-23(19(24)21-16-9-6-12-26-16)20-22-17-15(25-2)11-10-14(18(17)27-20)13-7-4-3-5-8-13/h3-12H,1-2H3,(H,21,24). The van der Waals surface area contributed by atoms with Gasteiger partial charge in [-0.1, -0.05) is 41.7 Å². The molecule has 0 radical (unpaired) electrons. The van der Waals surface area contributed by atoms with Crippen LogP contribution in [0.3, 0.4) is 0 Å². The predicted molar refractivity (Wildman–Crippen MR) is 113 cm³/mol. The maximum atomic E-state index is 12.6. The van der Waals surface area contributed by atoms with E-state index in [9.17, 15) is 4.79 Å². The van der Waals surface area contributed by atoms with Gasteiger partial charge in [-0.25, -0.2) is 9.78 Å². The molecule has 0 saturated carbocycles. The van der Waals surface area contributed by atoms with E-state index in [4.69, 9.17) is 4.74 Å². The second-order valence-corrected chi connectivity index (χ2v) is 7.75. The van der Waals surface area contributed by atoms with Crippen molar-refractivity contribution in [1.29, 1.82) is 0 Å². The highest BCUT2D eigenvalue weighted by Crippen LogP contribution is 2.40. The van der Waals surface area contributed by atoms with Crippen LogP contribution in [-0.4, -0.2) is 25.2 Å². The topological polar surface area (TPSA) is 54.5 Å². The molecule has 5 nitrogen and oxygen atoms in total. The molecule has 0 saturated heterocycles. The summed E-state index contributed by atoms with van der Waals surface area (Å²) in [5.41, 5.74) is 2.93. The van der Waals surface area contributed by atoms with Gasteiger partial charge in [-0.3, -0.25) is 10.2 Å². The summed E-state index contributed by atoms with van der Waals surface area (Å²) < 4.78 is 6.48. The van der Waals surface area contributed by atoms with Crippen LogP contribution in [0.4, 0.5) is 14.9 Å². The number of aromatic nitrogens is 1. The quantitative estimate of drug-likeness (QED) is 0.482. The van der Waals surface area contributed by atoms with E-state index in [1.807, 2.05) is 47.8 Å². The lowest BCUT2D eigenvalue weighted by atomic mass is 10.1. The van der Waals surface area contributed by atoms with Crippen LogP contribution in [0.5, 0.6) is 5.75 Å². The lowest BCUT2D eigenvalue weighted by Crippen LogP contribution is -2.30. The number of anilines is 2. The van der Waals surface area contributed by atoms with Gasteiger partial charge >= 0.3 is 6.03 Å². The van der Waals surface area contributed by atoms with E-state index >= 15 is 0 Å². The van der Waals surface area contributed by atoms with Gasteiger partial charge in [0.1, 0.15) is 11.3 Å². The number of fused-ring (bicyclic) bond motifs is 1. The minimum Gasteiger partial charge on any atom is -0.494 e. The second-order valence-electron chi connectivity index (χ2n) is 5.82. The van der Waals surface area contributed by atoms with Crippen LogP contribution >= 0.6 is 22.7 Å². The van der Waals surface area contributed by atoms with Gasteiger partial charge < -0.3 is 4.74 Å². The third-order valence-corrected chi connectivity index (χ3v) is 6.09. The Bertz CT molecular complexity index is 1080. The van der Waals surface area contributed by atoms with Crippen LogP contribution in [-0.2, 0) is 0 Å². The number of carbonyl (C=O) groups is 1. The van der Waals surface area contributed by atoms with E-state index in [-0.39, 0.29) is 6.03 Å². The van der Waals surface area contributed by atoms with Gasteiger partial charge in [-0.05, 0) is 35.2 Å². The number of methoxy groups -OCH3 is 1. The van der Waals surface area contributed by atoms with Gasteiger partial charge in [0.05, 0.1) is 16.8 Å². The number of thiazole rings is 1. The Morgan fingerprint density at radius 3 is 2.63 bits per heavy atom. The molecule has 4 rings (SSSR count). The fourth-order valence-corrected chi connectivity index (χ4v) is 4.44. The molecule has 0 aliphatic carbocycles. The molecule has 4 aromatic rings. The highest BCUT2D eigenvalue weighted by molar-refractivity contribution is 7.23. The minimum absolute atomic E-state index is 0.225. The molecule has 7 heteroatoms. The number of carbonyl (C=O) groups excluding carboxylic acids is 1. The van der Waals surface area contributed by atoms with Crippen molar-refractivity contribution in [3.63, 3.8) is 0 Å². The smallest absolute Gasteiger partial charge is 0.328 e. The van der Waals surface area contributed by atoms with Crippen molar-refractivity contribution in [2.45, 2.75) is 0 Å². The first-order chi connectivity index (χ1) is 13.2. The summed E-state index contributed by atoms with van der Waals surface area (Å²) in [4.78, 5) is 18.8. The first-order valence-electron chi connectivity index (χ1n) is 8.28. The van der Waals surface area contributed by atoms with Crippen LogP contribution in [0, 0.1) is 0 Å². The van der Waals surface area contributed by atoms with E-state index in [0.717, 1.165) is 26.3 Å². The van der Waals surface area contributed by atoms with E-state index < -0.39 is 0 Å². The number of urea groups is 1. The molecule has 0 atom stereocenters. The van der Waals surface area contributed by atoms with Gasteiger partial charge in [-0.2, -0.15) is 0 Å². The van der Waals surface area contributed by atoms with Gasteiger partial charge in [-0.15, -0.1) is 11.3 Å². The molecule has 0 bridgehead atoms. The number of ether oxygens (including phenoxy) is 1. The molecule has 2 heterocycles.